The predicted octanol–water partition coefficient (Wildman–Crippen LogP) is 5.37. The Morgan fingerprint density at radius 3 is 2.70 bits per heavy atom. The van der Waals surface area contributed by atoms with Crippen LogP contribution < -0.4 is 5.32 Å². The van der Waals surface area contributed by atoms with Gasteiger partial charge in [0, 0.05) is 17.2 Å². The van der Waals surface area contributed by atoms with Crippen molar-refractivity contribution in [1.29, 1.82) is 0 Å². The summed E-state index contributed by atoms with van der Waals surface area (Å²) < 4.78 is 0. The molecular formula is C17H26ClNS. The Balaban J connectivity index is 1.81. The lowest BCUT2D eigenvalue weighted by Gasteiger charge is -2.11. The molecule has 0 saturated heterocycles. The van der Waals surface area contributed by atoms with E-state index in [1.54, 1.807) is 0 Å². The molecule has 1 saturated carbocycles. The van der Waals surface area contributed by atoms with Crippen molar-refractivity contribution >= 4 is 23.4 Å². The summed E-state index contributed by atoms with van der Waals surface area (Å²) in [6.45, 7) is 6.41. The Labute approximate surface area is 132 Å². The minimum absolute atomic E-state index is 0.687. The highest BCUT2D eigenvalue weighted by Crippen LogP contribution is 2.34. The zero-order chi connectivity index (χ0) is 14.4. The number of hydrogen-bond donors (Lipinski definition) is 1. The maximum absolute atomic E-state index is 6.41. The first-order chi connectivity index (χ1) is 9.65. The highest BCUT2D eigenvalue weighted by Gasteiger charge is 2.15. The Bertz CT molecular complexity index is 413. The number of halogens is 1. The Morgan fingerprint density at radius 1 is 1.30 bits per heavy atom. The van der Waals surface area contributed by atoms with Gasteiger partial charge in [-0.2, -0.15) is 0 Å². The van der Waals surface area contributed by atoms with E-state index in [0.717, 1.165) is 24.0 Å². The zero-order valence-corrected chi connectivity index (χ0v) is 14.2. The molecule has 1 nitrogen and oxygen atoms in total. The fourth-order valence-corrected chi connectivity index (χ4v) is 4.14. The number of nitrogens with one attached hydrogen (secondary N) is 1. The van der Waals surface area contributed by atoms with Crippen LogP contribution in [0.15, 0.2) is 23.1 Å². The van der Waals surface area contributed by atoms with Gasteiger partial charge in [-0.25, -0.2) is 0 Å². The van der Waals surface area contributed by atoms with Gasteiger partial charge in [-0.3, -0.25) is 0 Å². The summed E-state index contributed by atoms with van der Waals surface area (Å²) in [7, 11) is 0. The maximum atomic E-state index is 6.41. The molecule has 1 aliphatic carbocycles. The van der Waals surface area contributed by atoms with Gasteiger partial charge < -0.3 is 5.32 Å². The number of hydrogen-bond acceptors (Lipinski definition) is 2. The van der Waals surface area contributed by atoms with E-state index < -0.39 is 0 Å². The van der Waals surface area contributed by atoms with E-state index in [0.29, 0.717) is 5.92 Å². The molecule has 0 unspecified atom stereocenters. The Morgan fingerprint density at radius 2 is 2.05 bits per heavy atom. The molecule has 1 aromatic rings. The van der Waals surface area contributed by atoms with E-state index in [2.05, 4.69) is 37.4 Å². The van der Waals surface area contributed by atoms with Crippen LogP contribution in [0.1, 0.15) is 45.1 Å². The van der Waals surface area contributed by atoms with Gasteiger partial charge in [0.25, 0.3) is 0 Å². The third kappa shape index (κ3) is 5.31. The molecule has 112 valence electrons. The summed E-state index contributed by atoms with van der Waals surface area (Å²) in [4.78, 5) is 1.24. The molecule has 0 aromatic heterocycles. The first-order valence-electron chi connectivity index (χ1n) is 7.77. The largest absolute Gasteiger partial charge is 0.312 e. The van der Waals surface area contributed by atoms with Crippen LogP contribution in [-0.4, -0.2) is 12.3 Å². The smallest absolute Gasteiger partial charge is 0.0545 e. The molecule has 1 aliphatic rings. The summed E-state index contributed by atoms with van der Waals surface area (Å²) in [6.07, 6.45) is 5.64. The summed E-state index contributed by atoms with van der Waals surface area (Å²) in [6, 6.07) is 6.51. The topological polar surface area (TPSA) is 12.0 Å². The van der Waals surface area contributed by atoms with Gasteiger partial charge in [0.15, 0.2) is 0 Å². The van der Waals surface area contributed by atoms with E-state index in [1.165, 1.54) is 41.9 Å². The molecule has 1 N–H and O–H groups in total. The highest BCUT2D eigenvalue weighted by molar-refractivity contribution is 7.99. The molecular weight excluding hydrogens is 286 g/mol. The summed E-state index contributed by atoms with van der Waals surface area (Å²) in [5.41, 5.74) is 1.28. The lowest BCUT2D eigenvalue weighted by Crippen LogP contribution is -2.18. The molecule has 0 spiro atoms. The SMILES string of the molecule is CC(C)CNCc1ccc(SCC2CCCC2)c(Cl)c1. The van der Waals surface area contributed by atoms with Crippen LogP contribution in [0.4, 0.5) is 0 Å². The molecule has 0 heterocycles. The molecule has 3 heteroatoms. The standard InChI is InChI=1S/C17H26ClNS/c1-13(2)10-19-11-15-7-8-17(16(18)9-15)20-12-14-5-3-4-6-14/h7-9,13-14,19H,3-6,10-12H2,1-2H3. The molecule has 1 fully saturated rings. The minimum atomic E-state index is 0.687. The van der Waals surface area contributed by atoms with Crippen LogP contribution in [0.3, 0.4) is 0 Å². The van der Waals surface area contributed by atoms with Crippen LogP contribution in [0, 0.1) is 11.8 Å². The number of benzene rings is 1. The normalized spacial score (nSPS) is 16.2. The second-order valence-corrected chi connectivity index (χ2v) is 7.72. The second kappa shape index (κ2) is 8.31. The van der Waals surface area contributed by atoms with Gasteiger partial charge in [-0.15, -0.1) is 11.8 Å². The van der Waals surface area contributed by atoms with E-state index in [9.17, 15) is 0 Å². The van der Waals surface area contributed by atoms with Gasteiger partial charge >= 0.3 is 0 Å². The number of rotatable bonds is 7. The molecule has 0 atom stereocenters. The maximum Gasteiger partial charge on any atom is 0.0545 e. The van der Waals surface area contributed by atoms with Crippen LogP contribution in [0.25, 0.3) is 0 Å². The quantitative estimate of drug-likeness (QED) is 0.680. The van der Waals surface area contributed by atoms with Crippen molar-refractivity contribution in [3.05, 3.63) is 28.8 Å². The molecule has 0 amide bonds. The Hall–Kier alpha value is -0.180. The van der Waals surface area contributed by atoms with E-state index in [1.807, 2.05) is 11.8 Å². The van der Waals surface area contributed by atoms with Crippen LogP contribution in [-0.2, 0) is 6.54 Å². The molecule has 0 bridgehead atoms. The average Bonchev–Trinajstić information content (AvgIpc) is 2.90. The van der Waals surface area contributed by atoms with Gasteiger partial charge in [0.05, 0.1) is 5.02 Å². The fraction of sp³-hybridized carbons (Fsp3) is 0.647. The third-order valence-electron chi connectivity index (χ3n) is 3.83. The molecule has 1 aromatic carbocycles. The predicted molar refractivity (Wildman–Crippen MR) is 90.7 cm³/mol. The molecule has 0 aliphatic heterocycles. The Kier molecular flexibility index (Phi) is 6.73. The molecule has 2 rings (SSSR count). The second-order valence-electron chi connectivity index (χ2n) is 6.25. The average molecular weight is 312 g/mol. The van der Waals surface area contributed by atoms with Gasteiger partial charge in [-0.1, -0.05) is 44.4 Å². The van der Waals surface area contributed by atoms with Crippen molar-refractivity contribution < 1.29 is 0 Å². The van der Waals surface area contributed by atoms with Crippen molar-refractivity contribution in [2.75, 3.05) is 12.3 Å². The monoisotopic (exact) mass is 311 g/mol. The zero-order valence-electron chi connectivity index (χ0n) is 12.6. The third-order valence-corrected chi connectivity index (χ3v) is 5.56. The van der Waals surface area contributed by atoms with Crippen molar-refractivity contribution in [1.82, 2.24) is 5.32 Å². The summed E-state index contributed by atoms with van der Waals surface area (Å²) in [5.74, 6) is 2.82. The lowest BCUT2D eigenvalue weighted by atomic mass is 10.1. The first-order valence-corrected chi connectivity index (χ1v) is 9.13. The fourth-order valence-electron chi connectivity index (χ4n) is 2.66. The summed E-state index contributed by atoms with van der Waals surface area (Å²) >= 11 is 8.34. The minimum Gasteiger partial charge on any atom is -0.312 e. The van der Waals surface area contributed by atoms with Crippen molar-refractivity contribution in [2.45, 2.75) is 51.0 Å². The lowest BCUT2D eigenvalue weighted by molar-refractivity contribution is 0.552. The van der Waals surface area contributed by atoms with E-state index >= 15 is 0 Å². The van der Waals surface area contributed by atoms with Gasteiger partial charge in [0.2, 0.25) is 0 Å². The molecule has 20 heavy (non-hydrogen) atoms. The first kappa shape index (κ1) is 16.2. The van der Waals surface area contributed by atoms with E-state index in [4.69, 9.17) is 11.6 Å². The highest BCUT2D eigenvalue weighted by atomic mass is 35.5. The van der Waals surface area contributed by atoms with Crippen molar-refractivity contribution in [3.63, 3.8) is 0 Å². The van der Waals surface area contributed by atoms with Gasteiger partial charge in [-0.05, 0) is 48.9 Å². The number of thioether (sulfide) groups is 1. The molecule has 0 radical (unpaired) electrons. The van der Waals surface area contributed by atoms with Crippen molar-refractivity contribution in [3.8, 4) is 0 Å². The van der Waals surface area contributed by atoms with Gasteiger partial charge in [0.1, 0.15) is 0 Å². The van der Waals surface area contributed by atoms with E-state index in [-0.39, 0.29) is 0 Å². The van der Waals surface area contributed by atoms with Crippen molar-refractivity contribution in [2.24, 2.45) is 11.8 Å². The summed E-state index contributed by atoms with van der Waals surface area (Å²) in [5, 5.41) is 4.37. The van der Waals surface area contributed by atoms with Crippen LogP contribution >= 0.6 is 23.4 Å². The van der Waals surface area contributed by atoms with Crippen LogP contribution in [0.2, 0.25) is 5.02 Å². The van der Waals surface area contributed by atoms with Crippen LogP contribution in [0.5, 0.6) is 0 Å².